The van der Waals surface area contributed by atoms with Crippen molar-refractivity contribution in [3.63, 3.8) is 0 Å². The second-order valence-electron chi connectivity index (χ2n) is 6.03. The summed E-state index contributed by atoms with van der Waals surface area (Å²) in [6.45, 7) is 5.48. The van der Waals surface area contributed by atoms with Crippen LogP contribution in [0.25, 0.3) is 5.69 Å². The minimum Gasteiger partial charge on any atom is -0.323 e. The van der Waals surface area contributed by atoms with Gasteiger partial charge in [0.1, 0.15) is 17.5 Å². The monoisotopic (exact) mass is 388 g/mol. The van der Waals surface area contributed by atoms with E-state index in [1.807, 2.05) is 42.7 Å². The van der Waals surface area contributed by atoms with Crippen molar-refractivity contribution in [3.8, 4) is 5.69 Å². The van der Waals surface area contributed by atoms with E-state index in [1.165, 1.54) is 11.8 Å². The number of aryl methyl sites for hydroxylation is 2. The highest BCUT2D eigenvalue weighted by Crippen LogP contribution is 2.28. The Morgan fingerprint density at radius 2 is 1.89 bits per heavy atom. The summed E-state index contributed by atoms with van der Waals surface area (Å²) in [6, 6.07) is 10.7. The molecule has 5 nitrogen and oxygen atoms in total. The van der Waals surface area contributed by atoms with E-state index in [0.717, 1.165) is 29.4 Å². The zero-order chi connectivity index (χ0) is 19.6. The number of carbonyl (C=O) groups is 1. The van der Waals surface area contributed by atoms with Gasteiger partial charge in [0.25, 0.3) is 0 Å². The van der Waals surface area contributed by atoms with Gasteiger partial charge in [0.15, 0.2) is 5.16 Å². The smallest absolute Gasteiger partial charge is 0.237 e. The molecule has 1 atom stereocenters. The lowest BCUT2D eigenvalue weighted by Crippen LogP contribution is -2.23. The van der Waals surface area contributed by atoms with Crippen LogP contribution in [0.1, 0.15) is 18.3 Å². The maximum absolute atomic E-state index is 13.7. The van der Waals surface area contributed by atoms with Gasteiger partial charge in [0, 0.05) is 6.07 Å². The lowest BCUT2D eigenvalue weighted by Gasteiger charge is -2.14. The second-order valence-corrected chi connectivity index (χ2v) is 7.33. The molecule has 1 heterocycles. The predicted octanol–water partition coefficient (Wildman–Crippen LogP) is 4.28. The van der Waals surface area contributed by atoms with Crippen molar-refractivity contribution in [1.29, 1.82) is 0 Å². The summed E-state index contributed by atoms with van der Waals surface area (Å²) in [4.78, 5) is 12.4. The zero-order valence-corrected chi connectivity index (χ0v) is 15.8. The highest BCUT2D eigenvalue weighted by molar-refractivity contribution is 8.00. The number of hydrogen-bond acceptors (Lipinski definition) is 4. The molecule has 3 rings (SSSR count). The second kappa shape index (κ2) is 7.87. The topological polar surface area (TPSA) is 59.8 Å². The normalized spacial score (nSPS) is 12.0. The summed E-state index contributed by atoms with van der Waals surface area (Å²) in [7, 11) is 0. The molecule has 0 spiro atoms. The van der Waals surface area contributed by atoms with E-state index >= 15 is 0 Å². The molecule has 0 aliphatic carbocycles. The van der Waals surface area contributed by atoms with Crippen LogP contribution in [0.3, 0.4) is 0 Å². The standard InChI is InChI=1S/C19H18F2N4OS/c1-11-6-4-5-7-17(11)25-13(3)23-24-19(25)27-12(2)18(26)22-16-10-14(20)8-9-15(16)21/h4-10,12H,1-3H3,(H,22,26). The summed E-state index contributed by atoms with van der Waals surface area (Å²) >= 11 is 1.19. The van der Waals surface area contributed by atoms with Gasteiger partial charge in [0.2, 0.25) is 5.91 Å². The number of nitrogens with zero attached hydrogens (tertiary/aromatic N) is 3. The van der Waals surface area contributed by atoms with Crippen LogP contribution in [-0.4, -0.2) is 25.9 Å². The van der Waals surface area contributed by atoms with Crippen LogP contribution >= 0.6 is 11.8 Å². The maximum atomic E-state index is 13.7. The van der Waals surface area contributed by atoms with Crippen molar-refractivity contribution in [1.82, 2.24) is 14.8 Å². The molecule has 0 radical (unpaired) electrons. The van der Waals surface area contributed by atoms with E-state index < -0.39 is 22.8 Å². The molecule has 140 valence electrons. The highest BCUT2D eigenvalue weighted by Gasteiger charge is 2.21. The molecule has 27 heavy (non-hydrogen) atoms. The van der Waals surface area contributed by atoms with Crippen molar-refractivity contribution in [2.24, 2.45) is 0 Å². The maximum Gasteiger partial charge on any atom is 0.237 e. The minimum absolute atomic E-state index is 0.191. The van der Waals surface area contributed by atoms with Crippen LogP contribution in [0, 0.1) is 25.5 Å². The number of anilines is 1. The number of carbonyl (C=O) groups excluding carboxylic acids is 1. The van der Waals surface area contributed by atoms with Gasteiger partial charge in [-0.25, -0.2) is 8.78 Å². The third-order valence-electron chi connectivity index (χ3n) is 3.99. The molecule has 1 aromatic heterocycles. The SMILES string of the molecule is Cc1ccccc1-n1c(C)nnc1SC(C)C(=O)Nc1cc(F)ccc1F. The van der Waals surface area contributed by atoms with Crippen LogP contribution in [-0.2, 0) is 4.79 Å². The molecule has 3 aromatic rings. The molecule has 0 bridgehead atoms. The number of halogens is 2. The summed E-state index contributed by atoms with van der Waals surface area (Å²) in [5.41, 5.74) is 1.77. The van der Waals surface area contributed by atoms with E-state index in [0.29, 0.717) is 11.0 Å². The Morgan fingerprint density at radius 3 is 2.63 bits per heavy atom. The Balaban J connectivity index is 1.81. The van der Waals surface area contributed by atoms with E-state index in [9.17, 15) is 13.6 Å². The Hall–Kier alpha value is -2.74. The lowest BCUT2D eigenvalue weighted by atomic mass is 10.2. The summed E-state index contributed by atoms with van der Waals surface area (Å²) in [5.74, 6) is -1.08. The lowest BCUT2D eigenvalue weighted by molar-refractivity contribution is -0.115. The molecule has 1 amide bonds. The molecular formula is C19H18F2N4OS. The number of rotatable bonds is 5. The van der Waals surface area contributed by atoms with Crippen LogP contribution < -0.4 is 5.32 Å². The number of aromatic nitrogens is 3. The molecule has 0 saturated carbocycles. The van der Waals surface area contributed by atoms with Gasteiger partial charge in [-0.3, -0.25) is 9.36 Å². The Labute approximate surface area is 159 Å². The Bertz CT molecular complexity index is 990. The first-order chi connectivity index (χ1) is 12.9. The van der Waals surface area contributed by atoms with Gasteiger partial charge < -0.3 is 5.32 Å². The van der Waals surface area contributed by atoms with E-state index in [4.69, 9.17) is 0 Å². The van der Waals surface area contributed by atoms with E-state index in [1.54, 1.807) is 6.92 Å². The number of nitrogens with one attached hydrogen (secondary N) is 1. The average Bonchev–Trinajstić information content (AvgIpc) is 2.98. The number of benzene rings is 2. The Kier molecular flexibility index (Phi) is 5.55. The average molecular weight is 388 g/mol. The molecule has 1 unspecified atom stereocenters. The van der Waals surface area contributed by atoms with Crippen LogP contribution in [0.5, 0.6) is 0 Å². The van der Waals surface area contributed by atoms with Crippen molar-refractivity contribution in [2.75, 3.05) is 5.32 Å². The molecule has 1 N–H and O–H groups in total. The van der Waals surface area contributed by atoms with E-state index in [-0.39, 0.29) is 5.69 Å². The predicted molar refractivity (Wildman–Crippen MR) is 101 cm³/mol. The minimum atomic E-state index is -0.694. The first-order valence-electron chi connectivity index (χ1n) is 8.27. The first kappa shape index (κ1) is 19.0. The molecule has 8 heteroatoms. The highest BCUT2D eigenvalue weighted by atomic mass is 32.2. The van der Waals surface area contributed by atoms with Gasteiger partial charge >= 0.3 is 0 Å². The van der Waals surface area contributed by atoms with Crippen molar-refractivity contribution in [3.05, 3.63) is 65.5 Å². The van der Waals surface area contributed by atoms with Gasteiger partial charge in [-0.05, 0) is 44.5 Å². The summed E-state index contributed by atoms with van der Waals surface area (Å²) in [5, 5.41) is 10.6. The van der Waals surface area contributed by atoms with Gasteiger partial charge in [-0.2, -0.15) is 0 Å². The summed E-state index contributed by atoms with van der Waals surface area (Å²) < 4.78 is 28.9. The molecule has 0 aliphatic heterocycles. The van der Waals surface area contributed by atoms with Gasteiger partial charge in [0.05, 0.1) is 16.6 Å². The summed E-state index contributed by atoms with van der Waals surface area (Å²) in [6.07, 6.45) is 0. The molecule has 0 fully saturated rings. The molecular weight excluding hydrogens is 370 g/mol. The Morgan fingerprint density at radius 1 is 1.15 bits per heavy atom. The van der Waals surface area contributed by atoms with Crippen LogP contribution in [0.4, 0.5) is 14.5 Å². The molecule has 0 aliphatic rings. The largest absolute Gasteiger partial charge is 0.323 e. The molecule has 2 aromatic carbocycles. The number of para-hydroxylation sites is 1. The van der Waals surface area contributed by atoms with Crippen molar-refractivity contribution in [2.45, 2.75) is 31.2 Å². The van der Waals surface area contributed by atoms with Crippen molar-refractivity contribution >= 4 is 23.4 Å². The van der Waals surface area contributed by atoms with Crippen LogP contribution in [0.2, 0.25) is 0 Å². The van der Waals surface area contributed by atoms with Gasteiger partial charge in [-0.15, -0.1) is 10.2 Å². The number of amides is 1. The quantitative estimate of drug-likeness (QED) is 0.663. The number of thioether (sulfide) groups is 1. The third-order valence-corrected chi connectivity index (χ3v) is 5.03. The fourth-order valence-electron chi connectivity index (χ4n) is 2.55. The number of hydrogen-bond donors (Lipinski definition) is 1. The third kappa shape index (κ3) is 4.16. The van der Waals surface area contributed by atoms with Crippen molar-refractivity contribution < 1.29 is 13.6 Å². The fourth-order valence-corrected chi connectivity index (χ4v) is 3.46. The fraction of sp³-hybridized carbons (Fsp3) is 0.211. The van der Waals surface area contributed by atoms with Crippen LogP contribution in [0.15, 0.2) is 47.6 Å². The van der Waals surface area contributed by atoms with Gasteiger partial charge in [-0.1, -0.05) is 30.0 Å². The van der Waals surface area contributed by atoms with E-state index in [2.05, 4.69) is 15.5 Å². The first-order valence-corrected chi connectivity index (χ1v) is 9.15. The molecule has 0 saturated heterocycles. The zero-order valence-electron chi connectivity index (χ0n) is 15.0.